The highest BCUT2D eigenvalue weighted by Crippen LogP contribution is 2.16. The predicted octanol–water partition coefficient (Wildman–Crippen LogP) is -0.193. The van der Waals surface area contributed by atoms with Gasteiger partial charge >= 0.3 is 0 Å². The number of carbonyl (C=O) groups is 1. The summed E-state index contributed by atoms with van der Waals surface area (Å²) < 4.78 is 21.8. The number of carbonyl (C=O) groups excluding carboxylic acids is 1. The van der Waals surface area contributed by atoms with Crippen molar-refractivity contribution in [2.75, 3.05) is 12.0 Å². The van der Waals surface area contributed by atoms with Crippen LogP contribution in [-0.2, 0) is 14.6 Å². The average molecular weight is 248 g/mol. The van der Waals surface area contributed by atoms with E-state index in [9.17, 15) is 13.2 Å². The lowest BCUT2D eigenvalue weighted by Crippen LogP contribution is -2.49. The second kappa shape index (κ2) is 5.63. The standard InChI is InChI=1S/C10H20N2O3S/c1-16(14,15)7-6-10(13)12-9-5-3-2-4-8(9)11/h8-9H,2-7,11H2,1H3,(H,12,13)/t8-,9-/m1/s1. The lowest BCUT2D eigenvalue weighted by Gasteiger charge is -2.29. The van der Waals surface area contributed by atoms with Gasteiger partial charge in [0.1, 0.15) is 9.84 Å². The maximum atomic E-state index is 11.5. The molecule has 1 amide bonds. The molecule has 94 valence electrons. The fourth-order valence-corrected chi connectivity index (χ4v) is 2.45. The Labute approximate surface area is 96.7 Å². The van der Waals surface area contributed by atoms with Crippen LogP contribution in [0.2, 0.25) is 0 Å². The molecule has 3 N–H and O–H groups in total. The van der Waals surface area contributed by atoms with Crippen molar-refractivity contribution >= 4 is 15.7 Å². The molecule has 0 spiro atoms. The summed E-state index contributed by atoms with van der Waals surface area (Å²) in [6, 6.07) is 0.0248. The van der Waals surface area contributed by atoms with Gasteiger partial charge in [0.15, 0.2) is 0 Å². The Balaban J connectivity index is 2.33. The number of nitrogens with one attached hydrogen (secondary N) is 1. The van der Waals surface area contributed by atoms with E-state index in [1.165, 1.54) is 0 Å². The molecule has 0 unspecified atom stereocenters. The Morgan fingerprint density at radius 2 is 2.00 bits per heavy atom. The Bertz CT molecular complexity index is 340. The van der Waals surface area contributed by atoms with Crippen molar-refractivity contribution in [3.8, 4) is 0 Å². The lowest BCUT2D eigenvalue weighted by atomic mass is 9.91. The van der Waals surface area contributed by atoms with Crippen LogP contribution in [0, 0.1) is 0 Å². The fourth-order valence-electron chi connectivity index (χ4n) is 1.90. The maximum absolute atomic E-state index is 11.5. The molecule has 0 aromatic heterocycles. The van der Waals surface area contributed by atoms with E-state index in [4.69, 9.17) is 5.73 Å². The highest BCUT2D eigenvalue weighted by molar-refractivity contribution is 7.90. The summed E-state index contributed by atoms with van der Waals surface area (Å²) in [5.74, 6) is -0.311. The fraction of sp³-hybridized carbons (Fsp3) is 0.900. The minimum absolute atomic E-state index is 0.0101. The first kappa shape index (κ1) is 13.4. The molecule has 16 heavy (non-hydrogen) atoms. The second-order valence-corrected chi connectivity index (χ2v) is 6.76. The zero-order valence-electron chi connectivity index (χ0n) is 9.61. The van der Waals surface area contributed by atoms with E-state index >= 15 is 0 Å². The van der Waals surface area contributed by atoms with E-state index in [0.717, 1.165) is 31.9 Å². The smallest absolute Gasteiger partial charge is 0.221 e. The van der Waals surface area contributed by atoms with Crippen LogP contribution in [0.1, 0.15) is 32.1 Å². The molecule has 2 atom stereocenters. The number of rotatable bonds is 4. The van der Waals surface area contributed by atoms with Crippen molar-refractivity contribution < 1.29 is 13.2 Å². The van der Waals surface area contributed by atoms with Crippen LogP contribution in [0.15, 0.2) is 0 Å². The number of hydrogen-bond donors (Lipinski definition) is 2. The van der Waals surface area contributed by atoms with Gasteiger partial charge in [-0.15, -0.1) is 0 Å². The van der Waals surface area contributed by atoms with Crippen molar-refractivity contribution in [2.24, 2.45) is 5.73 Å². The minimum Gasteiger partial charge on any atom is -0.352 e. The molecular weight excluding hydrogens is 228 g/mol. The van der Waals surface area contributed by atoms with E-state index < -0.39 is 9.84 Å². The third-order valence-electron chi connectivity index (χ3n) is 2.87. The molecule has 0 heterocycles. The van der Waals surface area contributed by atoms with Gasteiger partial charge in [-0.25, -0.2) is 8.42 Å². The molecule has 0 radical (unpaired) electrons. The molecule has 1 rings (SSSR count). The topological polar surface area (TPSA) is 89.3 Å². The van der Waals surface area contributed by atoms with Gasteiger partial charge in [0.25, 0.3) is 0 Å². The summed E-state index contributed by atoms with van der Waals surface area (Å²) in [7, 11) is -3.07. The van der Waals surface area contributed by atoms with Gasteiger partial charge in [0.2, 0.25) is 5.91 Å². The first-order valence-electron chi connectivity index (χ1n) is 5.61. The first-order chi connectivity index (χ1) is 7.38. The van der Waals surface area contributed by atoms with Gasteiger partial charge in [-0.05, 0) is 12.8 Å². The Morgan fingerprint density at radius 1 is 1.38 bits per heavy atom. The molecule has 0 aromatic rings. The summed E-state index contributed by atoms with van der Waals surface area (Å²) in [5.41, 5.74) is 5.88. The van der Waals surface area contributed by atoms with Crippen molar-refractivity contribution in [1.82, 2.24) is 5.32 Å². The Morgan fingerprint density at radius 3 is 2.56 bits per heavy atom. The van der Waals surface area contributed by atoms with Gasteiger partial charge in [-0.1, -0.05) is 12.8 Å². The zero-order chi connectivity index (χ0) is 12.2. The average Bonchev–Trinajstić information content (AvgIpc) is 2.18. The van der Waals surface area contributed by atoms with Crippen LogP contribution in [0.3, 0.4) is 0 Å². The monoisotopic (exact) mass is 248 g/mol. The number of sulfone groups is 1. The molecule has 0 bridgehead atoms. The normalized spacial score (nSPS) is 26.4. The van der Waals surface area contributed by atoms with Crippen molar-refractivity contribution in [3.05, 3.63) is 0 Å². The summed E-state index contributed by atoms with van der Waals surface area (Å²) in [4.78, 5) is 11.5. The summed E-state index contributed by atoms with van der Waals surface area (Å²) >= 11 is 0. The molecular formula is C10H20N2O3S. The molecule has 6 heteroatoms. The predicted molar refractivity (Wildman–Crippen MR) is 62.7 cm³/mol. The molecule has 1 aliphatic rings. The summed E-state index contributed by atoms with van der Waals surface area (Å²) in [6.07, 6.45) is 5.17. The third kappa shape index (κ3) is 4.94. The van der Waals surface area contributed by atoms with Gasteiger partial charge in [-0.3, -0.25) is 4.79 Å². The van der Waals surface area contributed by atoms with Crippen LogP contribution >= 0.6 is 0 Å². The Kier molecular flexibility index (Phi) is 4.73. The summed E-state index contributed by atoms with van der Waals surface area (Å²) in [6.45, 7) is 0. The van der Waals surface area contributed by atoms with Crippen LogP contribution in [0.25, 0.3) is 0 Å². The third-order valence-corrected chi connectivity index (χ3v) is 3.81. The largest absolute Gasteiger partial charge is 0.352 e. The highest BCUT2D eigenvalue weighted by Gasteiger charge is 2.23. The highest BCUT2D eigenvalue weighted by atomic mass is 32.2. The number of nitrogens with two attached hydrogens (primary N) is 1. The van der Waals surface area contributed by atoms with Crippen LogP contribution < -0.4 is 11.1 Å². The van der Waals surface area contributed by atoms with Crippen LogP contribution in [-0.4, -0.2) is 38.4 Å². The number of hydrogen-bond acceptors (Lipinski definition) is 4. The van der Waals surface area contributed by atoms with Crippen LogP contribution in [0.5, 0.6) is 0 Å². The quantitative estimate of drug-likeness (QED) is 0.721. The van der Waals surface area contributed by atoms with E-state index in [2.05, 4.69) is 5.32 Å². The van der Waals surface area contributed by atoms with Crippen molar-refractivity contribution in [1.29, 1.82) is 0 Å². The molecule has 0 aromatic carbocycles. The van der Waals surface area contributed by atoms with E-state index in [0.29, 0.717) is 0 Å². The maximum Gasteiger partial charge on any atom is 0.221 e. The van der Waals surface area contributed by atoms with Crippen LogP contribution in [0.4, 0.5) is 0 Å². The van der Waals surface area contributed by atoms with Gasteiger partial charge in [-0.2, -0.15) is 0 Å². The van der Waals surface area contributed by atoms with Crippen molar-refractivity contribution in [3.63, 3.8) is 0 Å². The molecule has 1 saturated carbocycles. The lowest BCUT2D eigenvalue weighted by molar-refractivity contribution is -0.121. The first-order valence-corrected chi connectivity index (χ1v) is 7.67. The molecule has 1 fully saturated rings. The zero-order valence-corrected chi connectivity index (χ0v) is 10.4. The molecule has 5 nitrogen and oxygen atoms in total. The van der Waals surface area contributed by atoms with Gasteiger partial charge in [0, 0.05) is 24.8 Å². The van der Waals surface area contributed by atoms with E-state index in [-0.39, 0.29) is 30.2 Å². The SMILES string of the molecule is CS(=O)(=O)CCC(=O)N[C@@H]1CCCC[C@H]1N. The van der Waals surface area contributed by atoms with E-state index in [1.807, 2.05) is 0 Å². The molecule has 0 aliphatic heterocycles. The van der Waals surface area contributed by atoms with E-state index in [1.54, 1.807) is 0 Å². The van der Waals surface area contributed by atoms with Gasteiger partial charge < -0.3 is 11.1 Å². The van der Waals surface area contributed by atoms with Crippen molar-refractivity contribution in [2.45, 2.75) is 44.2 Å². The number of amides is 1. The Hall–Kier alpha value is -0.620. The molecule has 1 aliphatic carbocycles. The second-order valence-electron chi connectivity index (χ2n) is 4.50. The minimum atomic E-state index is -3.07. The molecule has 0 saturated heterocycles. The van der Waals surface area contributed by atoms with Gasteiger partial charge in [0.05, 0.1) is 5.75 Å². The summed E-state index contributed by atoms with van der Waals surface area (Å²) in [5, 5.41) is 2.81.